The number of carbonyl (C=O) groups excluding carboxylic acids is 2. The quantitative estimate of drug-likeness (QED) is 0.491. The SMILES string of the molecule is CC(=O)CC(=O)NOCC(C)C. The van der Waals surface area contributed by atoms with Crippen molar-refractivity contribution in [2.75, 3.05) is 6.61 Å². The molecule has 0 rings (SSSR count). The fraction of sp³-hybridized carbons (Fsp3) is 0.750. The van der Waals surface area contributed by atoms with E-state index in [1.807, 2.05) is 13.8 Å². The van der Waals surface area contributed by atoms with Gasteiger partial charge in [-0.25, -0.2) is 5.48 Å². The van der Waals surface area contributed by atoms with Crippen molar-refractivity contribution >= 4 is 11.7 Å². The Bertz CT molecular complexity index is 166. The van der Waals surface area contributed by atoms with Crippen LogP contribution in [0.25, 0.3) is 0 Å². The molecule has 0 aliphatic heterocycles. The van der Waals surface area contributed by atoms with E-state index in [1.165, 1.54) is 6.92 Å². The van der Waals surface area contributed by atoms with Crippen LogP contribution in [0.2, 0.25) is 0 Å². The predicted molar refractivity (Wildman–Crippen MR) is 44.2 cm³/mol. The lowest BCUT2D eigenvalue weighted by Gasteiger charge is -2.06. The van der Waals surface area contributed by atoms with E-state index in [9.17, 15) is 9.59 Å². The molecular weight excluding hydrogens is 158 g/mol. The van der Waals surface area contributed by atoms with Crippen molar-refractivity contribution in [1.82, 2.24) is 5.48 Å². The number of carbonyl (C=O) groups is 2. The van der Waals surface area contributed by atoms with E-state index >= 15 is 0 Å². The topological polar surface area (TPSA) is 55.4 Å². The number of nitrogens with one attached hydrogen (secondary N) is 1. The van der Waals surface area contributed by atoms with Crippen LogP contribution in [-0.2, 0) is 14.4 Å². The van der Waals surface area contributed by atoms with E-state index in [4.69, 9.17) is 4.84 Å². The molecule has 1 N–H and O–H groups in total. The van der Waals surface area contributed by atoms with Crippen molar-refractivity contribution in [3.8, 4) is 0 Å². The maximum atomic E-state index is 10.8. The third kappa shape index (κ3) is 7.21. The Balaban J connectivity index is 3.38. The summed E-state index contributed by atoms with van der Waals surface area (Å²) in [5.74, 6) is -0.188. The molecule has 0 fully saturated rings. The highest BCUT2D eigenvalue weighted by atomic mass is 16.6. The Morgan fingerprint density at radius 1 is 1.42 bits per heavy atom. The lowest BCUT2D eigenvalue weighted by molar-refractivity contribution is -0.137. The van der Waals surface area contributed by atoms with E-state index in [2.05, 4.69) is 5.48 Å². The summed E-state index contributed by atoms with van der Waals surface area (Å²) in [6, 6.07) is 0. The number of amides is 1. The molecule has 0 radical (unpaired) electrons. The second kappa shape index (κ2) is 5.71. The Labute approximate surface area is 72.2 Å². The number of ketones is 1. The molecule has 0 saturated heterocycles. The Hall–Kier alpha value is -0.900. The van der Waals surface area contributed by atoms with Gasteiger partial charge in [0.15, 0.2) is 0 Å². The molecule has 0 atom stereocenters. The highest BCUT2D eigenvalue weighted by Crippen LogP contribution is 1.90. The Kier molecular flexibility index (Phi) is 5.28. The first kappa shape index (κ1) is 11.1. The van der Waals surface area contributed by atoms with Crippen LogP contribution >= 0.6 is 0 Å². The van der Waals surface area contributed by atoms with Gasteiger partial charge in [-0.1, -0.05) is 13.8 Å². The minimum absolute atomic E-state index is 0.113. The molecule has 0 spiro atoms. The van der Waals surface area contributed by atoms with E-state index in [0.29, 0.717) is 12.5 Å². The third-order valence-electron chi connectivity index (χ3n) is 1.01. The molecule has 0 saturated carbocycles. The van der Waals surface area contributed by atoms with Gasteiger partial charge in [-0.2, -0.15) is 0 Å². The highest BCUT2D eigenvalue weighted by Gasteiger charge is 2.04. The number of hydrogen-bond acceptors (Lipinski definition) is 3. The molecule has 4 nitrogen and oxygen atoms in total. The average Bonchev–Trinajstić information content (AvgIpc) is 1.84. The van der Waals surface area contributed by atoms with Gasteiger partial charge < -0.3 is 0 Å². The van der Waals surface area contributed by atoms with Crippen molar-refractivity contribution < 1.29 is 14.4 Å². The molecule has 0 heterocycles. The smallest absolute Gasteiger partial charge is 0.250 e. The van der Waals surface area contributed by atoms with Crippen LogP contribution in [0, 0.1) is 5.92 Å². The fourth-order valence-corrected chi connectivity index (χ4v) is 0.551. The Morgan fingerprint density at radius 2 is 2.00 bits per heavy atom. The molecule has 0 aliphatic rings. The second-order valence-electron chi connectivity index (χ2n) is 3.11. The highest BCUT2D eigenvalue weighted by molar-refractivity contribution is 5.96. The first-order chi connectivity index (χ1) is 5.52. The summed E-state index contributed by atoms with van der Waals surface area (Å²) in [6.45, 7) is 5.76. The summed E-state index contributed by atoms with van der Waals surface area (Å²) in [6.07, 6.45) is -0.113. The van der Waals surface area contributed by atoms with E-state index in [0.717, 1.165) is 0 Å². The normalized spacial score (nSPS) is 10.0. The van der Waals surface area contributed by atoms with Gasteiger partial charge in [0.05, 0.1) is 13.0 Å². The van der Waals surface area contributed by atoms with Crippen molar-refractivity contribution in [3.63, 3.8) is 0 Å². The van der Waals surface area contributed by atoms with Gasteiger partial charge in [-0.05, 0) is 12.8 Å². The monoisotopic (exact) mass is 173 g/mol. The minimum Gasteiger partial charge on any atom is -0.299 e. The molecule has 1 amide bonds. The van der Waals surface area contributed by atoms with Gasteiger partial charge in [0.2, 0.25) is 0 Å². The Morgan fingerprint density at radius 3 is 2.42 bits per heavy atom. The van der Waals surface area contributed by atoms with Gasteiger partial charge >= 0.3 is 0 Å². The zero-order valence-electron chi connectivity index (χ0n) is 7.72. The zero-order chi connectivity index (χ0) is 9.56. The molecule has 0 aromatic rings. The van der Waals surface area contributed by atoms with Gasteiger partial charge in [0, 0.05) is 0 Å². The summed E-state index contributed by atoms with van der Waals surface area (Å²) in [4.78, 5) is 26.0. The molecule has 0 aliphatic carbocycles. The van der Waals surface area contributed by atoms with Gasteiger partial charge in [-0.15, -0.1) is 0 Å². The fourth-order valence-electron chi connectivity index (χ4n) is 0.551. The third-order valence-corrected chi connectivity index (χ3v) is 1.01. The summed E-state index contributed by atoms with van der Waals surface area (Å²) < 4.78 is 0. The van der Waals surface area contributed by atoms with Crippen LogP contribution in [0.5, 0.6) is 0 Å². The van der Waals surface area contributed by atoms with E-state index in [-0.39, 0.29) is 18.1 Å². The van der Waals surface area contributed by atoms with Gasteiger partial charge in [0.25, 0.3) is 5.91 Å². The van der Waals surface area contributed by atoms with Crippen LogP contribution in [0.1, 0.15) is 27.2 Å². The number of hydroxylamine groups is 1. The van der Waals surface area contributed by atoms with E-state index < -0.39 is 0 Å². The standard InChI is InChI=1S/C8H15NO3/c1-6(2)5-12-9-8(11)4-7(3)10/h6H,4-5H2,1-3H3,(H,9,11). The molecular formula is C8H15NO3. The van der Waals surface area contributed by atoms with Crippen LogP contribution in [0.3, 0.4) is 0 Å². The van der Waals surface area contributed by atoms with Gasteiger partial charge in [-0.3, -0.25) is 14.4 Å². The maximum absolute atomic E-state index is 10.8. The minimum atomic E-state index is -0.386. The van der Waals surface area contributed by atoms with Crippen molar-refractivity contribution in [2.45, 2.75) is 27.2 Å². The first-order valence-electron chi connectivity index (χ1n) is 3.92. The summed E-state index contributed by atoms with van der Waals surface area (Å²) in [5.41, 5.74) is 2.19. The lowest BCUT2D eigenvalue weighted by atomic mass is 10.2. The number of Topliss-reactive ketones (excluding diaryl/α,β-unsaturated/α-hetero) is 1. The summed E-state index contributed by atoms with van der Waals surface area (Å²) >= 11 is 0. The first-order valence-corrected chi connectivity index (χ1v) is 3.92. The molecule has 0 aromatic carbocycles. The molecule has 0 unspecified atom stereocenters. The van der Waals surface area contributed by atoms with Crippen LogP contribution in [-0.4, -0.2) is 18.3 Å². The van der Waals surface area contributed by atoms with E-state index in [1.54, 1.807) is 0 Å². The van der Waals surface area contributed by atoms with Crippen molar-refractivity contribution in [3.05, 3.63) is 0 Å². The second-order valence-corrected chi connectivity index (χ2v) is 3.11. The van der Waals surface area contributed by atoms with Crippen LogP contribution < -0.4 is 5.48 Å². The molecule has 4 heteroatoms. The maximum Gasteiger partial charge on any atom is 0.250 e. The average molecular weight is 173 g/mol. The molecule has 0 aromatic heterocycles. The van der Waals surface area contributed by atoms with Crippen molar-refractivity contribution in [2.24, 2.45) is 5.92 Å². The molecule has 0 bridgehead atoms. The predicted octanol–water partition coefficient (Wildman–Crippen LogP) is 0.669. The van der Waals surface area contributed by atoms with Gasteiger partial charge in [0.1, 0.15) is 5.78 Å². The summed E-state index contributed by atoms with van der Waals surface area (Å²) in [7, 11) is 0. The molecule has 70 valence electrons. The number of rotatable bonds is 5. The van der Waals surface area contributed by atoms with Crippen molar-refractivity contribution in [1.29, 1.82) is 0 Å². The van der Waals surface area contributed by atoms with Crippen LogP contribution in [0.4, 0.5) is 0 Å². The zero-order valence-corrected chi connectivity index (χ0v) is 7.72. The largest absolute Gasteiger partial charge is 0.299 e. The lowest BCUT2D eigenvalue weighted by Crippen LogP contribution is -2.26. The number of hydrogen-bond donors (Lipinski definition) is 1. The summed E-state index contributed by atoms with van der Waals surface area (Å²) in [5, 5.41) is 0. The molecule has 12 heavy (non-hydrogen) atoms. The van der Waals surface area contributed by atoms with Crippen LogP contribution in [0.15, 0.2) is 0 Å².